The van der Waals surface area contributed by atoms with Crippen LogP contribution in [-0.2, 0) is 0 Å². The van der Waals surface area contributed by atoms with Gasteiger partial charge in [0.25, 0.3) is 5.91 Å². The molecule has 0 radical (unpaired) electrons. The second kappa shape index (κ2) is 8.57. The Morgan fingerprint density at radius 1 is 0.933 bits per heavy atom. The third-order valence-corrected chi connectivity index (χ3v) is 5.54. The molecule has 0 saturated carbocycles. The fourth-order valence-electron chi connectivity index (χ4n) is 4.06. The van der Waals surface area contributed by atoms with Crippen LogP contribution in [0.15, 0.2) is 60.7 Å². The van der Waals surface area contributed by atoms with Gasteiger partial charge in [-0.1, -0.05) is 54.6 Å². The molecule has 1 amide bonds. The van der Waals surface area contributed by atoms with E-state index in [1.807, 2.05) is 49.4 Å². The number of hydrogen-bond acceptors (Lipinski definition) is 4. The summed E-state index contributed by atoms with van der Waals surface area (Å²) in [4.78, 5) is 36.3. The normalized spacial score (nSPS) is 16.3. The number of ketones is 1. The average molecular weight is 399 g/mol. The van der Waals surface area contributed by atoms with Crippen LogP contribution in [-0.4, -0.2) is 39.6 Å². The Labute approximate surface area is 176 Å². The minimum atomic E-state index is -0.186. The summed E-state index contributed by atoms with van der Waals surface area (Å²) in [7, 11) is 0. The Bertz CT molecular complexity index is 1040. The molecule has 1 aromatic heterocycles. The molecular weight excluding hydrogens is 374 g/mol. The van der Waals surface area contributed by atoms with Crippen molar-refractivity contribution in [2.45, 2.75) is 26.7 Å². The van der Waals surface area contributed by atoms with Crippen molar-refractivity contribution < 1.29 is 9.59 Å². The molecule has 1 atom stereocenters. The fraction of sp³-hybridized carbons (Fsp3) is 0.280. The van der Waals surface area contributed by atoms with Crippen molar-refractivity contribution in [1.82, 2.24) is 14.9 Å². The average Bonchev–Trinajstić information content (AvgIpc) is 2.78. The number of likely N-dealkylation sites (tertiary alicyclic amines) is 1. The van der Waals surface area contributed by atoms with Gasteiger partial charge in [-0.3, -0.25) is 9.59 Å². The van der Waals surface area contributed by atoms with E-state index in [9.17, 15) is 9.59 Å². The second-order valence-corrected chi connectivity index (χ2v) is 7.84. The summed E-state index contributed by atoms with van der Waals surface area (Å²) in [6.07, 6.45) is 1.61. The van der Waals surface area contributed by atoms with Crippen molar-refractivity contribution in [2.24, 2.45) is 5.92 Å². The zero-order chi connectivity index (χ0) is 21.1. The van der Waals surface area contributed by atoms with Crippen molar-refractivity contribution in [1.29, 1.82) is 0 Å². The van der Waals surface area contributed by atoms with Crippen molar-refractivity contribution in [3.05, 3.63) is 83.4 Å². The van der Waals surface area contributed by atoms with Gasteiger partial charge in [0.15, 0.2) is 5.78 Å². The van der Waals surface area contributed by atoms with E-state index in [2.05, 4.69) is 22.1 Å². The number of aromatic nitrogens is 2. The summed E-state index contributed by atoms with van der Waals surface area (Å²) >= 11 is 0. The van der Waals surface area contributed by atoms with Crippen LogP contribution in [0, 0.1) is 19.8 Å². The summed E-state index contributed by atoms with van der Waals surface area (Å²) in [5, 5.41) is 0. The first-order valence-corrected chi connectivity index (χ1v) is 10.3. The number of aryl methyl sites for hydroxylation is 2. The van der Waals surface area contributed by atoms with Gasteiger partial charge in [-0.2, -0.15) is 0 Å². The molecular formula is C25H25N3O2. The van der Waals surface area contributed by atoms with E-state index in [1.54, 1.807) is 17.9 Å². The van der Waals surface area contributed by atoms with Gasteiger partial charge in [-0.15, -0.1) is 0 Å². The number of benzene rings is 2. The maximum absolute atomic E-state index is 13.1. The van der Waals surface area contributed by atoms with Crippen LogP contribution in [0.2, 0.25) is 0 Å². The van der Waals surface area contributed by atoms with Crippen LogP contribution in [0.1, 0.15) is 45.2 Å². The third kappa shape index (κ3) is 4.30. The van der Waals surface area contributed by atoms with Crippen LogP contribution < -0.4 is 0 Å². The molecule has 3 aromatic rings. The monoisotopic (exact) mass is 399 g/mol. The molecule has 0 N–H and O–H groups in total. The van der Waals surface area contributed by atoms with Gasteiger partial charge in [0.1, 0.15) is 11.5 Å². The number of nitrogens with zero attached hydrogens (tertiary/aromatic N) is 3. The molecule has 1 aliphatic rings. The number of amides is 1. The molecule has 0 spiro atoms. The summed E-state index contributed by atoms with van der Waals surface area (Å²) in [5.41, 5.74) is 4.08. The zero-order valence-electron chi connectivity index (χ0n) is 17.3. The SMILES string of the molecule is Cc1cc(C(=O)N2CCCC(C(=O)c3ccc(-c4ccccc4)cc3)C2)nc(C)n1. The van der Waals surface area contributed by atoms with Gasteiger partial charge in [-0.05, 0) is 43.9 Å². The topological polar surface area (TPSA) is 63.2 Å². The van der Waals surface area contributed by atoms with Gasteiger partial charge < -0.3 is 4.90 Å². The quantitative estimate of drug-likeness (QED) is 0.606. The first-order chi connectivity index (χ1) is 14.5. The predicted molar refractivity (Wildman–Crippen MR) is 116 cm³/mol. The smallest absolute Gasteiger partial charge is 0.272 e. The van der Waals surface area contributed by atoms with Gasteiger partial charge in [-0.25, -0.2) is 9.97 Å². The van der Waals surface area contributed by atoms with Crippen LogP contribution >= 0.6 is 0 Å². The van der Waals surface area contributed by atoms with Gasteiger partial charge in [0, 0.05) is 30.3 Å². The highest BCUT2D eigenvalue weighted by molar-refractivity contribution is 5.99. The summed E-state index contributed by atoms with van der Waals surface area (Å²) in [6, 6.07) is 19.6. The van der Waals surface area contributed by atoms with Gasteiger partial charge in [0.2, 0.25) is 0 Å². The Kier molecular flexibility index (Phi) is 5.70. The Morgan fingerprint density at radius 3 is 2.33 bits per heavy atom. The highest BCUT2D eigenvalue weighted by Gasteiger charge is 2.30. The molecule has 0 bridgehead atoms. The first kappa shape index (κ1) is 20.0. The lowest BCUT2D eigenvalue weighted by Gasteiger charge is -2.32. The third-order valence-electron chi connectivity index (χ3n) is 5.54. The van der Waals surface area contributed by atoms with Crippen molar-refractivity contribution in [2.75, 3.05) is 13.1 Å². The summed E-state index contributed by atoms with van der Waals surface area (Å²) < 4.78 is 0. The van der Waals surface area contributed by atoms with Crippen molar-refractivity contribution in [3.63, 3.8) is 0 Å². The Balaban J connectivity index is 1.47. The lowest BCUT2D eigenvalue weighted by atomic mass is 9.89. The molecule has 1 aliphatic heterocycles. The standard InChI is InChI=1S/C25H25N3O2/c1-17-15-23(27-18(2)26-17)25(30)28-14-6-9-22(16-28)24(29)21-12-10-20(11-13-21)19-7-4-3-5-8-19/h3-5,7-8,10-13,15,22H,6,9,14,16H2,1-2H3. The van der Waals surface area contributed by atoms with Crippen molar-refractivity contribution >= 4 is 11.7 Å². The minimum absolute atomic E-state index is 0.0992. The highest BCUT2D eigenvalue weighted by atomic mass is 16.2. The minimum Gasteiger partial charge on any atom is -0.337 e. The van der Waals surface area contributed by atoms with Crippen LogP contribution in [0.5, 0.6) is 0 Å². The molecule has 1 saturated heterocycles. The molecule has 1 fully saturated rings. The number of Topliss-reactive ketones (excluding diaryl/α,β-unsaturated/α-hetero) is 1. The molecule has 5 nitrogen and oxygen atoms in total. The summed E-state index contributed by atoms with van der Waals surface area (Å²) in [6.45, 7) is 4.72. The summed E-state index contributed by atoms with van der Waals surface area (Å²) in [5.74, 6) is 0.374. The number of carbonyl (C=O) groups is 2. The molecule has 5 heteroatoms. The van der Waals surface area contributed by atoms with E-state index in [0.717, 1.165) is 29.7 Å². The van der Waals surface area contributed by atoms with Crippen LogP contribution in [0.25, 0.3) is 11.1 Å². The van der Waals surface area contributed by atoms with Gasteiger partial charge in [0.05, 0.1) is 0 Å². The maximum atomic E-state index is 13.1. The van der Waals surface area contributed by atoms with E-state index in [1.165, 1.54) is 0 Å². The molecule has 30 heavy (non-hydrogen) atoms. The van der Waals surface area contributed by atoms with Crippen molar-refractivity contribution in [3.8, 4) is 11.1 Å². The maximum Gasteiger partial charge on any atom is 0.272 e. The number of carbonyl (C=O) groups excluding carboxylic acids is 2. The largest absolute Gasteiger partial charge is 0.337 e. The van der Waals surface area contributed by atoms with Crippen LogP contribution in [0.4, 0.5) is 0 Å². The molecule has 2 heterocycles. The molecule has 4 rings (SSSR count). The number of rotatable bonds is 4. The van der Waals surface area contributed by atoms with E-state index in [-0.39, 0.29) is 17.6 Å². The number of piperidine rings is 1. The first-order valence-electron chi connectivity index (χ1n) is 10.3. The van der Waals surface area contributed by atoms with Gasteiger partial charge >= 0.3 is 0 Å². The Morgan fingerprint density at radius 2 is 1.63 bits per heavy atom. The van der Waals surface area contributed by atoms with E-state index in [0.29, 0.717) is 30.2 Å². The fourth-order valence-corrected chi connectivity index (χ4v) is 4.06. The molecule has 1 unspecified atom stereocenters. The zero-order valence-corrected chi connectivity index (χ0v) is 17.3. The molecule has 2 aromatic carbocycles. The number of hydrogen-bond donors (Lipinski definition) is 0. The highest BCUT2D eigenvalue weighted by Crippen LogP contribution is 2.24. The van der Waals surface area contributed by atoms with Crippen LogP contribution in [0.3, 0.4) is 0 Å². The van der Waals surface area contributed by atoms with E-state index < -0.39 is 0 Å². The lowest BCUT2D eigenvalue weighted by molar-refractivity contribution is 0.0631. The predicted octanol–water partition coefficient (Wildman–Crippen LogP) is 4.50. The van der Waals surface area contributed by atoms with E-state index in [4.69, 9.17) is 0 Å². The molecule has 152 valence electrons. The molecule has 0 aliphatic carbocycles. The lowest BCUT2D eigenvalue weighted by Crippen LogP contribution is -2.42. The Hall–Kier alpha value is -3.34. The second-order valence-electron chi connectivity index (χ2n) is 7.84. The van der Waals surface area contributed by atoms with E-state index >= 15 is 0 Å².